The quantitative estimate of drug-likeness (QED) is 0.822. The smallest absolute Gasteiger partial charge is 0.253 e. The van der Waals surface area contributed by atoms with E-state index in [4.69, 9.17) is 0 Å². The highest BCUT2D eigenvalue weighted by Crippen LogP contribution is 2.14. The third kappa shape index (κ3) is 4.54. The van der Waals surface area contributed by atoms with Gasteiger partial charge in [0.05, 0.1) is 0 Å². The van der Waals surface area contributed by atoms with Crippen molar-refractivity contribution in [1.82, 2.24) is 9.88 Å². The molecule has 0 saturated carbocycles. The lowest BCUT2D eigenvalue weighted by molar-refractivity contribution is 0.0793. The van der Waals surface area contributed by atoms with E-state index >= 15 is 0 Å². The molecular formula is C15H25N3O. The van der Waals surface area contributed by atoms with Crippen LogP contribution in [-0.2, 0) is 6.42 Å². The number of carbonyl (C=O) groups excluding carboxylic acids is 1. The number of unbranched alkanes of at least 4 members (excludes halogenated alkanes) is 1. The van der Waals surface area contributed by atoms with E-state index in [0.29, 0.717) is 0 Å². The highest BCUT2D eigenvalue weighted by atomic mass is 16.2. The number of amides is 1. The van der Waals surface area contributed by atoms with Crippen LogP contribution >= 0.6 is 0 Å². The van der Waals surface area contributed by atoms with Gasteiger partial charge in [0.2, 0.25) is 0 Å². The zero-order valence-electron chi connectivity index (χ0n) is 12.5. The van der Waals surface area contributed by atoms with Crippen LogP contribution in [0.4, 0.5) is 5.82 Å². The molecule has 1 rings (SSSR count). The first-order valence-corrected chi connectivity index (χ1v) is 7.06. The molecule has 106 valence electrons. The summed E-state index contributed by atoms with van der Waals surface area (Å²) < 4.78 is 0. The van der Waals surface area contributed by atoms with Crippen molar-refractivity contribution in [3.05, 3.63) is 23.4 Å². The van der Waals surface area contributed by atoms with Crippen LogP contribution in [0.3, 0.4) is 0 Å². The van der Waals surface area contributed by atoms with Crippen LogP contribution in [0.15, 0.2) is 12.1 Å². The summed E-state index contributed by atoms with van der Waals surface area (Å²) in [6.07, 6.45) is 4.05. The maximum atomic E-state index is 12.3. The number of hydrogen-bond donors (Lipinski definition) is 1. The molecule has 1 N–H and O–H groups in total. The summed E-state index contributed by atoms with van der Waals surface area (Å²) >= 11 is 0. The highest BCUT2D eigenvalue weighted by molar-refractivity contribution is 5.94. The summed E-state index contributed by atoms with van der Waals surface area (Å²) in [5.41, 5.74) is 1.70. The molecule has 0 aliphatic rings. The molecule has 4 nitrogen and oxygen atoms in total. The lowest BCUT2D eigenvalue weighted by Gasteiger charge is -2.17. The molecule has 0 saturated heterocycles. The third-order valence-corrected chi connectivity index (χ3v) is 3.08. The minimum Gasteiger partial charge on any atom is -0.373 e. The first-order valence-electron chi connectivity index (χ1n) is 7.06. The molecule has 0 aromatic carbocycles. The highest BCUT2D eigenvalue weighted by Gasteiger charge is 2.13. The van der Waals surface area contributed by atoms with E-state index in [1.165, 1.54) is 0 Å². The minimum atomic E-state index is 0.0738. The van der Waals surface area contributed by atoms with Gasteiger partial charge in [-0.1, -0.05) is 26.7 Å². The molecule has 0 aliphatic carbocycles. The molecule has 0 atom stereocenters. The molecule has 0 spiro atoms. The zero-order valence-corrected chi connectivity index (χ0v) is 12.5. The second-order valence-electron chi connectivity index (χ2n) is 4.81. The fourth-order valence-corrected chi connectivity index (χ4v) is 1.94. The number of carbonyl (C=O) groups is 1. The number of nitrogens with one attached hydrogen (secondary N) is 1. The molecule has 19 heavy (non-hydrogen) atoms. The van der Waals surface area contributed by atoms with Gasteiger partial charge in [-0.3, -0.25) is 4.79 Å². The Morgan fingerprint density at radius 1 is 1.32 bits per heavy atom. The van der Waals surface area contributed by atoms with Gasteiger partial charge in [0, 0.05) is 31.9 Å². The van der Waals surface area contributed by atoms with E-state index in [-0.39, 0.29) is 5.91 Å². The third-order valence-electron chi connectivity index (χ3n) is 3.08. The van der Waals surface area contributed by atoms with E-state index in [1.54, 1.807) is 4.90 Å². The average molecular weight is 263 g/mol. The molecule has 0 bridgehead atoms. The van der Waals surface area contributed by atoms with Crippen LogP contribution < -0.4 is 5.32 Å². The van der Waals surface area contributed by atoms with Gasteiger partial charge in [-0.25, -0.2) is 4.98 Å². The van der Waals surface area contributed by atoms with Gasteiger partial charge in [0.25, 0.3) is 5.91 Å². The maximum Gasteiger partial charge on any atom is 0.253 e. The van der Waals surface area contributed by atoms with Gasteiger partial charge in [-0.15, -0.1) is 0 Å². The van der Waals surface area contributed by atoms with Crippen molar-refractivity contribution in [2.45, 2.75) is 39.5 Å². The van der Waals surface area contributed by atoms with E-state index in [1.807, 2.05) is 26.2 Å². The Morgan fingerprint density at radius 2 is 2.05 bits per heavy atom. The van der Waals surface area contributed by atoms with Gasteiger partial charge in [0.15, 0.2) is 0 Å². The molecule has 1 heterocycles. The van der Waals surface area contributed by atoms with Crippen molar-refractivity contribution in [3.8, 4) is 0 Å². The number of aryl methyl sites for hydroxylation is 1. The number of hydrogen-bond acceptors (Lipinski definition) is 3. The van der Waals surface area contributed by atoms with Gasteiger partial charge in [0.1, 0.15) is 5.82 Å². The summed E-state index contributed by atoms with van der Waals surface area (Å²) in [7, 11) is 3.68. The molecule has 0 unspecified atom stereocenters. The van der Waals surface area contributed by atoms with Crippen molar-refractivity contribution in [3.63, 3.8) is 0 Å². The second kappa shape index (κ2) is 7.77. The summed E-state index contributed by atoms with van der Waals surface area (Å²) in [5.74, 6) is 0.836. The molecule has 0 radical (unpaired) electrons. The Hall–Kier alpha value is -1.58. The Kier molecular flexibility index (Phi) is 6.33. The fourth-order valence-electron chi connectivity index (χ4n) is 1.94. The topological polar surface area (TPSA) is 45.2 Å². The molecule has 0 fully saturated rings. The van der Waals surface area contributed by atoms with Crippen molar-refractivity contribution < 1.29 is 4.79 Å². The van der Waals surface area contributed by atoms with Crippen molar-refractivity contribution in [2.75, 3.05) is 26.0 Å². The summed E-state index contributed by atoms with van der Waals surface area (Å²) in [5, 5.41) is 3.02. The van der Waals surface area contributed by atoms with Gasteiger partial charge >= 0.3 is 0 Å². The maximum absolute atomic E-state index is 12.3. The number of anilines is 1. The lowest BCUT2D eigenvalue weighted by atomic mass is 10.1. The number of aromatic nitrogens is 1. The Bertz CT molecular complexity index is 418. The van der Waals surface area contributed by atoms with E-state index in [2.05, 4.69) is 24.1 Å². The minimum absolute atomic E-state index is 0.0738. The number of nitrogens with zero attached hydrogens (tertiary/aromatic N) is 2. The first-order chi connectivity index (χ1) is 9.12. The predicted octanol–water partition coefficient (Wildman–Crippen LogP) is 2.95. The molecule has 4 heteroatoms. The summed E-state index contributed by atoms with van der Waals surface area (Å²) in [6, 6.07) is 3.74. The Balaban J connectivity index is 2.91. The van der Waals surface area contributed by atoms with Gasteiger partial charge < -0.3 is 10.2 Å². The zero-order chi connectivity index (χ0) is 14.3. The molecule has 1 aromatic heterocycles. The average Bonchev–Trinajstić information content (AvgIpc) is 2.43. The SMILES string of the molecule is CCCCN(C)C(=O)c1cc(CCC)nc(NC)c1. The van der Waals surface area contributed by atoms with Crippen LogP contribution in [0.1, 0.15) is 49.2 Å². The molecule has 0 aliphatic heterocycles. The van der Waals surface area contributed by atoms with Crippen molar-refractivity contribution >= 4 is 11.7 Å². The second-order valence-corrected chi connectivity index (χ2v) is 4.81. The van der Waals surface area contributed by atoms with Crippen molar-refractivity contribution in [2.24, 2.45) is 0 Å². The summed E-state index contributed by atoms with van der Waals surface area (Å²) in [4.78, 5) is 18.6. The lowest BCUT2D eigenvalue weighted by Crippen LogP contribution is -2.28. The standard InChI is InChI=1S/C15H25N3O/c1-5-7-9-18(4)15(19)12-10-13(8-6-2)17-14(11-12)16-3/h10-11H,5-9H2,1-4H3,(H,16,17). The number of pyridine rings is 1. The van der Waals surface area contributed by atoms with Crippen molar-refractivity contribution in [1.29, 1.82) is 0 Å². The van der Waals surface area contributed by atoms with E-state index < -0.39 is 0 Å². The fraction of sp³-hybridized carbons (Fsp3) is 0.600. The van der Waals surface area contributed by atoms with Crippen LogP contribution in [-0.4, -0.2) is 36.4 Å². The van der Waals surface area contributed by atoms with E-state index in [0.717, 1.165) is 49.3 Å². The largest absolute Gasteiger partial charge is 0.373 e. The molecule has 1 amide bonds. The van der Waals surface area contributed by atoms with Gasteiger partial charge in [-0.05, 0) is 25.0 Å². The monoisotopic (exact) mass is 263 g/mol. The van der Waals surface area contributed by atoms with Crippen LogP contribution in [0.2, 0.25) is 0 Å². The molecular weight excluding hydrogens is 238 g/mol. The van der Waals surface area contributed by atoms with E-state index in [9.17, 15) is 4.79 Å². The molecule has 1 aromatic rings. The van der Waals surface area contributed by atoms with Crippen LogP contribution in [0.5, 0.6) is 0 Å². The normalized spacial score (nSPS) is 10.3. The number of rotatable bonds is 7. The van der Waals surface area contributed by atoms with Gasteiger partial charge in [-0.2, -0.15) is 0 Å². The van der Waals surface area contributed by atoms with Crippen LogP contribution in [0.25, 0.3) is 0 Å². The predicted molar refractivity (Wildman–Crippen MR) is 79.6 cm³/mol. The van der Waals surface area contributed by atoms with Crippen LogP contribution in [0, 0.1) is 0 Å². The first kappa shape index (κ1) is 15.5. The Morgan fingerprint density at radius 3 is 2.63 bits per heavy atom. The summed E-state index contributed by atoms with van der Waals surface area (Å²) in [6.45, 7) is 5.04. The Labute approximate surface area is 116 Å².